The third kappa shape index (κ3) is 5.92. The van der Waals surface area contributed by atoms with Gasteiger partial charge in [-0.25, -0.2) is 0 Å². The van der Waals surface area contributed by atoms with Crippen molar-refractivity contribution in [1.29, 1.82) is 0 Å². The molecule has 1 aliphatic rings. The molecule has 4 heteroatoms. The van der Waals surface area contributed by atoms with Gasteiger partial charge in [0.2, 0.25) is 5.91 Å². The molecule has 0 saturated heterocycles. The van der Waals surface area contributed by atoms with E-state index < -0.39 is 0 Å². The minimum absolute atomic E-state index is 0.0489. The normalized spacial score (nSPS) is 24.4. The minimum atomic E-state index is 0.0489. The van der Waals surface area contributed by atoms with Crippen LogP contribution in [0.25, 0.3) is 0 Å². The van der Waals surface area contributed by atoms with Gasteiger partial charge in [0.15, 0.2) is 6.17 Å². The van der Waals surface area contributed by atoms with Gasteiger partial charge in [-0.1, -0.05) is 31.9 Å². The van der Waals surface area contributed by atoms with Gasteiger partial charge >= 0.3 is 0 Å². The highest BCUT2D eigenvalue weighted by Gasteiger charge is 2.35. The lowest BCUT2D eigenvalue weighted by atomic mass is 10.1. The second-order valence-electron chi connectivity index (χ2n) is 5.83. The molecule has 0 aliphatic carbocycles. The maximum absolute atomic E-state index is 11.0. The highest BCUT2D eigenvalue weighted by Crippen LogP contribution is 2.21. The molecule has 1 aliphatic heterocycles. The first-order valence-electron chi connectivity index (χ1n) is 8.34. The number of hydrogen-bond acceptors (Lipinski definition) is 2. The zero-order valence-electron chi connectivity index (χ0n) is 13.9. The fourth-order valence-corrected chi connectivity index (χ4v) is 2.84. The summed E-state index contributed by atoms with van der Waals surface area (Å²) in [6, 6.07) is 0. The Hall–Kier alpha value is -1.29. The fraction of sp³-hybridized carbons (Fsp3) is 0.706. The van der Waals surface area contributed by atoms with E-state index in [2.05, 4.69) is 49.0 Å². The van der Waals surface area contributed by atoms with Crippen molar-refractivity contribution in [2.24, 2.45) is 0 Å². The van der Waals surface area contributed by atoms with Gasteiger partial charge in [0.1, 0.15) is 12.7 Å². The maximum Gasteiger partial charge on any atom is 0.217 e. The molecule has 0 aromatic heterocycles. The number of carbonyl (C=O) groups is 1. The summed E-state index contributed by atoms with van der Waals surface area (Å²) in [5, 5.41) is 6.37. The van der Waals surface area contributed by atoms with Crippen molar-refractivity contribution in [3.63, 3.8) is 0 Å². The van der Waals surface area contributed by atoms with Crippen molar-refractivity contribution in [2.75, 3.05) is 19.6 Å². The van der Waals surface area contributed by atoms with Crippen LogP contribution >= 0.6 is 0 Å². The molecule has 0 radical (unpaired) electrons. The number of rotatable bonds is 10. The third-order valence-corrected chi connectivity index (χ3v) is 4.27. The monoisotopic (exact) mass is 294 g/mol. The van der Waals surface area contributed by atoms with Gasteiger partial charge in [-0.15, -0.1) is 0 Å². The van der Waals surface area contributed by atoms with E-state index in [0.29, 0.717) is 6.17 Å². The molecule has 1 amide bonds. The highest BCUT2D eigenvalue weighted by molar-refractivity contribution is 5.72. The zero-order valence-corrected chi connectivity index (χ0v) is 13.9. The molecule has 0 aromatic rings. The molecule has 0 fully saturated rings. The van der Waals surface area contributed by atoms with Crippen LogP contribution in [0.2, 0.25) is 0 Å². The Morgan fingerprint density at radius 2 is 2.14 bits per heavy atom. The molecule has 21 heavy (non-hydrogen) atoms. The Morgan fingerprint density at radius 3 is 2.81 bits per heavy atom. The summed E-state index contributed by atoms with van der Waals surface area (Å²) in [6.45, 7) is 8.73. The second kappa shape index (κ2) is 9.61. The summed E-state index contributed by atoms with van der Waals surface area (Å²) >= 11 is 0. The first kappa shape index (κ1) is 17.8. The smallest absolute Gasteiger partial charge is 0.217 e. The van der Waals surface area contributed by atoms with Gasteiger partial charge < -0.3 is 10.6 Å². The second-order valence-corrected chi connectivity index (χ2v) is 5.83. The van der Waals surface area contributed by atoms with E-state index in [0.717, 1.165) is 30.5 Å². The summed E-state index contributed by atoms with van der Waals surface area (Å²) in [7, 11) is 0. The number of nitrogens with one attached hydrogen (secondary N) is 2. The van der Waals surface area contributed by atoms with E-state index in [4.69, 9.17) is 0 Å². The Balaban J connectivity index is 2.42. The standard InChI is InChI=1S/C17H31N3O/c1-4-6-7-8-9-10-11-17-19-13-15-20(17,5-2)14-12-18-16(3)21/h9-10,13,15,17,19H,4-8,11-12,14H2,1-3H3/p+1/b10-9+. The van der Waals surface area contributed by atoms with Crippen molar-refractivity contribution in [1.82, 2.24) is 10.6 Å². The third-order valence-electron chi connectivity index (χ3n) is 4.27. The topological polar surface area (TPSA) is 41.1 Å². The molecular weight excluding hydrogens is 262 g/mol. The first-order valence-corrected chi connectivity index (χ1v) is 8.34. The summed E-state index contributed by atoms with van der Waals surface area (Å²) in [4.78, 5) is 11.0. The van der Waals surface area contributed by atoms with Gasteiger partial charge in [-0.2, -0.15) is 0 Å². The average molecular weight is 294 g/mol. The van der Waals surface area contributed by atoms with Crippen LogP contribution < -0.4 is 10.6 Å². The zero-order chi connectivity index (χ0) is 15.6. The van der Waals surface area contributed by atoms with Gasteiger partial charge in [0.25, 0.3) is 0 Å². The summed E-state index contributed by atoms with van der Waals surface area (Å²) in [5.74, 6) is 0.0489. The van der Waals surface area contributed by atoms with Gasteiger partial charge in [0.05, 0.1) is 19.3 Å². The van der Waals surface area contributed by atoms with Crippen LogP contribution in [0.1, 0.15) is 52.9 Å². The predicted octanol–water partition coefficient (Wildman–Crippen LogP) is 2.89. The number of likely N-dealkylation sites (N-methyl/N-ethyl adjacent to an activating group) is 1. The van der Waals surface area contributed by atoms with E-state index in [-0.39, 0.29) is 5.91 Å². The number of amides is 1. The fourth-order valence-electron chi connectivity index (χ4n) is 2.84. The molecule has 0 saturated carbocycles. The Labute approximate surface area is 129 Å². The highest BCUT2D eigenvalue weighted by atomic mass is 16.1. The van der Waals surface area contributed by atoms with Crippen molar-refractivity contribution >= 4 is 5.91 Å². The van der Waals surface area contributed by atoms with Crippen LogP contribution in [0, 0.1) is 0 Å². The molecule has 1 rings (SSSR count). The van der Waals surface area contributed by atoms with Gasteiger partial charge in [-0.05, 0) is 19.8 Å². The summed E-state index contributed by atoms with van der Waals surface area (Å²) in [6.07, 6.45) is 15.4. The molecule has 0 spiro atoms. The molecule has 2 atom stereocenters. The van der Waals surface area contributed by atoms with Crippen LogP contribution in [0.4, 0.5) is 0 Å². The van der Waals surface area contributed by atoms with Gasteiger partial charge in [-0.3, -0.25) is 9.28 Å². The van der Waals surface area contributed by atoms with Crippen LogP contribution in [-0.2, 0) is 4.79 Å². The first-order chi connectivity index (χ1) is 10.1. The minimum Gasteiger partial charge on any atom is -0.351 e. The molecule has 0 bridgehead atoms. The lowest BCUT2D eigenvalue weighted by molar-refractivity contribution is -0.897. The molecule has 2 unspecified atom stereocenters. The van der Waals surface area contributed by atoms with E-state index in [1.54, 1.807) is 6.92 Å². The number of allylic oxidation sites excluding steroid dienone is 1. The quantitative estimate of drug-likeness (QED) is 0.369. The van der Waals surface area contributed by atoms with Crippen LogP contribution in [0.3, 0.4) is 0 Å². The van der Waals surface area contributed by atoms with Crippen molar-refractivity contribution in [3.05, 3.63) is 24.6 Å². The van der Waals surface area contributed by atoms with Crippen LogP contribution in [0.5, 0.6) is 0 Å². The lowest BCUT2D eigenvalue weighted by Gasteiger charge is -2.36. The number of hydrogen-bond donors (Lipinski definition) is 2. The average Bonchev–Trinajstić information content (AvgIpc) is 2.86. The molecule has 4 nitrogen and oxygen atoms in total. The summed E-state index contributed by atoms with van der Waals surface area (Å²) in [5.41, 5.74) is 0. The van der Waals surface area contributed by atoms with E-state index in [1.807, 2.05) is 0 Å². The Morgan fingerprint density at radius 1 is 1.33 bits per heavy atom. The van der Waals surface area contributed by atoms with Crippen LogP contribution in [0.15, 0.2) is 24.6 Å². The number of quaternary nitrogens is 1. The Kier molecular flexibility index (Phi) is 8.13. The molecular formula is C17H32N3O+. The number of nitrogens with zero attached hydrogens (tertiary/aromatic N) is 1. The van der Waals surface area contributed by atoms with Gasteiger partial charge in [0, 0.05) is 13.3 Å². The van der Waals surface area contributed by atoms with Crippen molar-refractivity contribution < 1.29 is 9.28 Å². The Bertz CT molecular complexity index is 365. The van der Waals surface area contributed by atoms with Crippen molar-refractivity contribution in [3.8, 4) is 0 Å². The molecule has 0 aromatic carbocycles. The molecule has 120 valence electrons. The largest absolute Gasteiger partial charge is 0.351 e. The predicted molar refractivity (Wildman–Crippen MR) is 88.3 cm³/mol. The van der Waals surface area contributed by atoms with Crippen molar-refractivity contribution in [2.45, 2.75) is 59.0 Å². The number of unbranched alkanes of at least 4 members (excludes halogenated alkanes) is 3. The number of carbonyl (C=O) groups excluding carboxylic acids is 1. The molecule has 2 N–H and O–H groups in total. The van der Waals surface area contributed by atoms with Crippen LogP contribution in [-0.4, -0.2) is 36.2 Å². The SMILES string of the molecule is CCCCC/C=C/CC1NC=C[N+]1(CC)CCNC(C)=O. The van der Waals surface area contributed by atoms with E-state index in [1.165, 1.54) is 25.7 Å². The molecule has 1 heterocycles. The maximum atomic E-state index is 11.0. The van der Waals surface area contributed by atoms with E-state index in [9.17, 15) is 4.79 Å². The summed E-state index contributed by atoms with van der Waals surface area (Å²) < 4.78 is 0.902. The van der Waals surface area contributed by atoms with E-state index >= 15 is 0 Å². The lowest BCUT2D eigenvalue weighted by Crippen LogP contribution is -2.55.